The highest BCUT2D eigenvalue weighted by molar-refractivity contribution is 5.00. The molecule has 0 amide bonds. The zero-order valence-corrected chi connectivity index (χ0v) is 7.14. The van der Waals surface area contributed by atoms with Crippen LogP contribution in [0.5, 0.6) is 0 Å². The normalized spacial score (nSPS) is 11.8. The molecule has 0 spiro atoms. The monoisotopic (exact) mass is 138 g/mol. The molecular formula is C10H18. The quantitative estimate of drug-likeness (QED) is 0.401. The van der Waals surface area contributed by atoms with Gasteiger partial charge in [-0.25, -0.2) is 0 Å². The summed E-state index contributed by atoms with van der Waals surface area (Å²) in [5.74, 6) is 0. The third-order valence-electron chi connectivity index (χ3n) is 1.41. The Kier molecular flexibility index (Phi) is 8.04. The molecule has 0 radical (unpaired) electrons. The summed E-state index contributed by atoms with van der Waals surface area (Å²) in [5, 5.41) is 0. The van der Waals surface area contributed by atoms with Crippen LogP contribution < -0.4 is 0 Å². The van der Waals surface area contributed by atoms with E-state index in [4.69, 9.17) is 0 Å². The van der Waals surface area contributed by atoms with Crippen LogP contribution in [0.2, 0.25) is 0 Å². The van der Waals surface area contributed by atoms with Gasteiger partial charge in [-0.3, -0.25) is 0 Å². The van der Waals surface area contributed by atoms with Gasteiger partial charge in [-0.1, -0.05) is 44.1 Å². The lowest BCUT2D eigenvalue weighted by Gasteiger charge is -1.89. The zero-order chi connectivity index (χ0) is 7.66. The zero-order valence-electron chi connectivity index (χ0n) is 7.14. The molecule has 0 nitrogen and oxygen atoms in total. The summed E-state index contributed by atoms with van der Waals surface area (Å²) in [5.41, 5.74) is 0. The van der Waals surface area contributed by atoms with Gasteiger partial charge in [0.1, 0.15) is 0 Å². The minimum absolute atomic E-state index is 1.23. The van der Waals surface area contributed by atoms with Gasteiger partial charge < -0.3 is 0 Å². The van der Waals surface area contributed by atoms with E-state index in [1.807, 2.05) is 6.92 Å². The van der Waals surface area contributed by atoms with E-state index in [2.05, 4.69) is 31.2 Å². The first-order valence-corrected chi connectivity index (χ1v) is 4.19. The van der Waals surface area contributed by atoms with Crippen molar-refractivity contribution in [3.05, 3.63) is 24.3 Å². The van der Waals surface area contributed by atoms with Gasteiger partial charge in [-0.2, -0.15) is 0 Å². The second kappa shape index (κ2) is 8.48. The van der Waals surface area contributed by atoms with Crippen molar-refractivity contribution in [2.45, 2.75) is 39.5 Å². The van der Waals surface area contributed by atoms with Crippen molar-refractivity contribution < 1.29 is 0 Å². The Morgan fingerprint density at radius 3 is 2.50 bits per heavy atom. The highest BCUT2D eigenvalue weighted by Gasteiger charge is 1.79. The Labute approximate surface area is 64.6 Å². The molecule has 0 saturated carbocycles. The molecule has 0 aromatic heterocycles. The fourth-order valence-corrected chi connectivity index (χ4v) is 0.798. The van der Waals surface area contributed by atoms with Crippen LogP contribution in [0.1, 0.15) is 39.5 Å². The number of hydrogen-bond acceptors (Lipinski definition) is 0. The van der Waals surface area contributed by atoms with Crippen molar-refractivity contribution in [1.29, 1.82) is 0 Å². The Balaban J connectivity index is 3.02. The average molecular weight is 138 g/mol. The maximum absolute atomic E-state index is 2.23. The molecule has 0 rings (SSSR count). The molecule has 0 saturated heterocycles. The second-order valence-corrected chi connectivity index (χ2v) is 2.45. The van der Waals surface area contributed by atoms with Crippen molar-refractivity contribution in [2.24, 2.45) is 0 Å². The van der Waals surface area contributed by atoms with Gasteiger partial charge >= 0.3 is 0 Å². The molecule has 10 heavy (non-hydrogen) atoms. The van der Waals surface area contributed by atoms with E-state index in [1.165, 1.54) is 25.7 Å². The summed E-state index contributed by atoms with van der Waals surface area (Å²) < 4.78 is 0. The van der Waals surface area contributed by atoms with Crippen LogP contribution in [0.3, 0.4) is 0 Å². The van der Waals surface area contributed by atoms with Gasteiger partial charge in [0.15, 0.2) is 0 Å². The molecule has 0 aromatic carbocycles. The molecule has 0 N–H and O–H groups in total. The van der Waals surface area contributed by atoms with Crippen LogP contribution in [0.15, 0.2) is 24.3 Å². The van der Waals surface area contributed by atoms with Crippen LogP contribution in [0.4, 0.5) is 0 Å². The van der Waals surface area contributed by atoms with Gasteiger partial charge in [0.05, 0.1) is 0 Å². The number of hydrogen-bond donors (Lipinski definition) is 0. The van der Waals surface area contributed by atoms with Crippen LogP contribution in [-0.2, 0) is 0 Å². The van der Waals surface area contributed by atoms with Crippen molar-refractivity contribution in [1.82, 2.24) is 0 Å². The molecule has 0 bridgehead atoms. The molecule has 0 aliphatic heterocycles. The lowest BCUT2D eigenvalue weighted by molar-refractivity contribution is 0.729. The largest absolute Gasteiger partial charge is 0.0877 e. The molecule has 0 atom stereocenters. The van der Waals surface area contributed by atoms with Crippen LogP contribution >= 0.6 is 0 Å². The lowest BCUT2D eigenvalue weighted by Crippen LogP contribution is -1.69. The first kappa shape index (κ1) is 9.48. The smallest absolute Gasteiger partial charge is 0.0348 e. The molecule has 0 heterocycles. The maximum Gasteiger partial charge on any atom is -0.0348 e. The van der Waals surface area contributed by atoms with Gasteiger partial charge in [0.2, 0.25) is 0 Å². The number of allylic oxidation sites excluding steroid dienone is 4. The van der Waals surface area contributed by atoms with E-state index >= 15 is 0 Å². The molecule has 0 aliphatic carbocycles. The third kappa shape index (κ3) is 7.48. The first-order valence-electron chi connectivity index (χ1n) is 4.19. The summed E-state index contributed by atoms with van der Waals surface area (Å²) in [7, 11) is 0. The van der Waals surface area contributed by atoms with Crippen molar-refractivity contribution >= 4 is 0 Å². The number of rotatable bonds is 5. The molecule has 58 valence electrons. The van der Waals surface area contributed by atoms with Crippen molar-refractivity contribution in [2.75, 3.05) is 0 Å². The maximum atomic E-state index is 2.23. The highest BCUT2D eigenvalue weighted by Crippen LogP contribution is 1.99. The van der Waals surface area contributed by atoms with E-state index < -0.39 is 0 Å². The average Bonchev–Trinajstić information content (AvgIpc) is 1.97. The molecule has 0 aromatic rings. The fraction of sp³-hybridized carbons (Fsp3) is 0.600. The van der Waals surface area contributed by atoms with Gasteiger partial charge in [0, 0.05) is 0 Å². The lowest BCUT2D eigenvalue weighted by atomic mass is 10.2. The first-order chi connectivity index (χ1) is 4.91. The Morgan fingerprint density at radius 1 is 1.10 bits per heavy atom. The Bertz CT molecular complexity index is 98.6. The van der Waals surface area contributed by atoms with Crippen molar-refractivity contribution in [3.8, 4) is 0 Å². The third-order valence-corrected chi connectivity index (χ3v) is 1.41. The predicted octanol–water partition coefficient (Wildman–Crippen LogP) is 3.70. The SMILES string of the molecule is C/C=C\C=C\CCCCC. The predicted molar refractivity (Wildman–Crippen MR) is 48.1 cm³/mol. The minimum Gasteiger partial charge on any atom is -0.0877 e. The van der Waals surface area contributed by atoms with Crippen LogP contribution in [0.25, 0.3) is 0 Å². The minimum atomic E-state index is 1.23. The molecule has 0 heteroatoms. The summed E-state index contributed by atoms with van der Waals surface area (Å²) in [6.07, 6.45) is 13.7. The van der Waals surface area contributed by atoms with Gasteiger partial charge in [-0.05, 0) is 19.8 Å². The Morgan fingerprint density at radius 2 is 1.90 bits per heavy atom. The second-order valence-electron chi connectivity index (χ2n) is 2.45. The number of unbranched alkanes of at least 4 members (excludes halogenated alkanes) is 3. The molecule has 0 unspecified atom stereocenters. The van der Waals surface area contributed by atoms with Crippen molar-refractivity contribution in [3.63, 3.8) is 0 Å². The van der Waals surface area contributed by atoms with E-state index in [9.17, 15) is 0 Å². The molecule has 0 fully saturated rings. The Hall–Kier alpha value is -0.520. The highest BCUT2D eigenvalue weighted by atomic mass is 13.9. The van der Waals surface area contributed by atoms with E-state index in [0.29, 0.717) is 0 Å². The fourth-order valence-electron chi connectivity index (χ4n) is 0.798. The van der Waals surface area contributed by atoms with E-state index in [0.717, 1.165) is 0 Å². The topological polar surface area (TPSA) is 0 Å². The van der Waals surface area contributed by atoms with E-state index in [-0.39, 0.29) is 0 Å². The van der Waals surface area contributed by atoms with Gasteiger partial charge in [-0.15, -0.1) is 0 Å². The summed E-state index contributed by atoms with van der Waals surface area (Å²) >= 11 is 0. The van der Waals surface area contributed by atoms with Gasteiger partial charge in [0.25, 0.3) is 0 Å². The molecule has 0 aliphatic rings. The standard InChI is InChI=1S/C10H18/c1-3-5-7-9-10-8-6-4-2/h3,5,7,9H,4,6,8,10H2,1-2H3/b5-3-,9-7+. The molecular weight excluding hydrogens is 120 g/mol. The summed E-state index contributed by atoms with van der Waals surface area (Å²) in [6, 6.07) is 0. The summed E-state index contributed by atoms with van der Waals surface area (Å²) in [4.78, 5) is 0. The van der Waals surface area contributed by atoms with Crippen LogP contribution in [-0.4, -0.2) is 0 Å². The van der Waals surface area contributed by atoms with E-state index in [1.54, 1.807) is 0 Å². The summed E-state index contributed by atoms with van der Waals surface area (Å²) in [6.45, 7) is 4.27. The van der Waals surface area contributed by atoms with Crippen LogP contribution in [0, 0.1) is 0 Å².